The average Bonchev–Trinajstić information content (AvgIpc) is 2.42. The Morgan fingerprint density at radius 1 is 0.267 bits per heavy atom. The van der Waals surface area contributed by atoms with Crippen molar-refractivity contribution in [2.45, 2.75) is 54.1 Å². The summed E-state index contributed by atoms with van der Waals surface area (Å²) in [6, 6.07) is -16.0. The zero-order valence-corrected chi connectivity index (χ0v) is 12.6. The molecule has 0 rings (SSSR count). The van der Waals surface area contributed by atoms with E-state index in [4.69, 9.17) is 0 Å². The van der Waals surface area contributed by atoms with Crippen molar-refractivity contribution in [1.29, 1.82) is 0 Å². The normalized spacial score (nSPS) is 16.8. The van der Waals surface area contributed by atoms with E-state index in [0.717, 1.165) is 0 Å². The number of rotatable bonds is 7. The molecule has 0 spiro atoms. The van der Waals surface area contributed by atoms with E-state index < -0.39 is 59.4 Å². The summed E-state index contributed by atoms with van der Waals surface area (Å²) in [6.45, 7) is 0. The predicted octanol–water partition coefficient (Wildman–Crippen LogP) is 6.06. The molecule has 0 saturated heterocycles. The molecule has 0 aliphatic rings. The van der Waals surface area contributed by atoms with Crippen LogP contribution < -0.4 is 5.32 Å². The molecule has 0 amide bonds. The minimum Gasteiger partial charge on any atom is -0.192 e. The molecule has 0 radical (unpaired) electrons. The first kappa shape index (κ1) is 28.6. The van der Waals surface area contributed by atoms with Gasteiger partial charge in [-0.1, -0.05) is 0 Å². The molecular formula is C9HF20N. The smallest absolute Gasteiger partial charge is 0.192 e. The fraction of sp³-hybridized carbons (Fsp3) is 1.00. The average molecular weight is 503 g/mol. The molecule has 0 bridgehead atoms. The van der Waals surface area contributed by atoms with Crippen molar-refractivity contribution in [2.75, 3.05) is 0 Å². The molecule has 0 atom stereocenters. The Kier molecular flexibility index (Phi) is 6.45. The van der Waals surface area contributed by atoms with E-state index in [9.17, 15) is 87.8 Å². The maximum Gasteiger partial charge on any atom is 0.460 e. The highest BCUT2D eigenvalue weighted by molar-refractivity contribution is 5.08. The van der Waals surface area contributed by atoms with Crippen molar-refractivity contribution in [1.82, 2.24) is 5.32 Å². The second kappa shape index (κ2) is 6.78. The maximum atomic E-state index is 12.9. The molecule has 1 nitrogen and oxygen atoms in total. The van der Waals surface area contributed by atoms with Gasteiger partial charge in [0.05, 0.1) is 0 Å². The Labute approximate surface area is 149 Å². The van der Waals surface area contributed by atoms with E-state index in [-0.39, 0.29) is 0 Å². The van der Waals surface area contributed by atoms with E-state index >= 15 is 0 Å². The van der Waals surface area contributed by atoms with E-state index in [1.165, 1.54) is 0 Å². The molecule has 21 heteroatoms. The van der Waals surface area contributed by atoms with Crippen LogP contribution in [0.4, 0.5) is 87.8 Å². The number of alkyl halides is 20. The molecule has 0 unspecified atom stereocenters. The van der Waals surface area contributed by atoms with Gasteiger partial charge >= 0.3 is 54.1 Å². The van der Waals surface area contributed by atoms with Crippen molar-refractivity contribution >= 4 is 0 Å². The van der Waals surface area contributed by atoms with Crippen LogP contribution in [0.15, 0.2) is 0 Å². The lowest BCUT2D eigenvalue weighted by molar-refractivity contribution is -0.442. The number of halogens is 20. The fourth-order valence-electron chi connectivity index (χ4n) is 1.30. The lowest BCUT2D eigenvalue weighted by Gasteiger charge is -2.40. The summed E-state index contributed by atoms with van der Waals surface area (Å²) in [5, 5.41) is -2.11. The highest BCUT2D eigenvalue weighted by Crippen LogP contribution is 2.58. The van der Waals surface area contributed by atoms with Gasteiger partial charge in [-0.25, -0.2) is 0 Å². The molecule has 0 aromatic heterocycles. The molecule has 0 fully saturated rings. The van der Waals surface area contributed by atoms with Gasteiger partial charge in [-0.2, -0.15) is 93.1 Å². The van der Waals surface area contributed by atoms with Crippen molar-refractivity contribution in [3.05, 3.63) is 0 Å². The first-order valence-electron chi connectivity index (χ1n) is 6.03. The molecule has 0 aromatic rings. The van der Waals surface area contributed by atoms with Crippen molar-refractivity contribution < 1.29 is 87.8 Å². The van der Waals surface area contributed by atoms with Gasteiger partial charge in [0.1, 0.15) is 0 Å². The molecule has 0 heterocycles. The predicted molar refractivity (Wildman–Crippen MR) is 49.9 cm³/mol. The third-order valence-electron chi connectivity index (χ3n) is 3.00. The van der Waals surface area contributed by atoms with E-state index in [2.05, 4.69) is 0 Å². The second-order valence-electron chi connectivity index (χ2n) is 5.14. The van der Waals surface area contributed by atoms with Crippen LogP contribution in [0.3, 0.4) is 0 Å². The van der Waals surface area contributed by atoms with Crippen molar-refractivity contribution in [3.8, 4) is 0 Å². The summed E-state index contributed by atoms with van der Waals surface area (Å²) in [7, 11) is 0. The van der Waals surface area contributed by atoms with Crippen LogP contribution in [0.5, 0.6) is 0 Å². The van der Waals surface area contributed by atoms with Crippen LogP contribution in [0, 0.1) is 0 Å². The van der Waals surface area contributed by atoms with Crippen LogP contribution in [0.25, 0.3) is 0 Å². The summed E-state index contributed by atoms with van der Waals surface area (Å²) in [4.78, 5) is 0. The lowest BCUT2D eigenvalue weighted by Crippen LogP contribution is -2.75. The molecule has 0 aromatic carbocycles. The van der Waals surface area contributed by atoms with Crippen LogP contribution in [-0.2, 0) is 0 Å². The molecule has 1 N–H and O–H groups in total. The van der Waals surface area contributed by atoms with E-state index in [0.29, 0.717) is 0 Å². The van der Waals surface area contributed by atoms with Gasteiger partial charge in [0.15, 0.2) is 0 Å². The largest absolute Gasteiger partial charge is 0.460 e. The zero-order chi connectivity index (χ0) is 25.2. The van der Waals surface area contributed by atoms with Crippen molar-refractivity contribution in [3.63, 3.8) is 0 Å². The summed E-state index contributed by atoms with van der Waals surface area (Å²) in [6.07, 6.45) is -15.5. The Bertz CT molecular complexity index is 621. The Morgan fingerprint density at radius 3 is 0.700 bits per heavy atom. The number of nitrogens with one attached hydrogen (secondary N) is 1. The minimum atomic E-state index is -8.42. The standard InChI is InChI=1S/C9HF20N/c10-1(11,2(12,13)6(20,21)22)4(16,17)8(26,27)30-9(28,29)5(18,19)3(14,15)7(23,24)25/h30H. The number of hydrogen-bond acceptors (Lipinski definition) is 1. The first-order chi connectivity index (χ1) is 12.5. The van der Waals surface area contributed by atoms with Gasteiger partial charge in [-0.15, -0.1) is 0 Å². The van der Waals surface area contributed by atoms with Gasteiger partial charge in [0, 0.05) is 0 Å². The van der Waals surface area contributed by atoms with Gasteiger partial charge in [0.25, 0.3) is 0 Å². The molecule has 0 saturated carbocycles. The van der Waals surface area contributed by atoms with Gasteiger partial charge in [-0.05, 0) is 0 Å². The van der Waals surface area contributed by atoms with Crippen LogP contribution in [0.2, 0.25) is 0 Å². The Hall–Kier alpha value is -1.44. The summed E-state index contributed by atoms with van der Waals surface area (Å²) in [5.41, 5.74) is 0. The maximum absolute atomic E-state index is 12.9. The fourth-order valence-corrected chi connectivity index (χ4v) is 1.30. The van der Waals surface area contributed by atoms with E-state index in [1.807, 2.05) is 0 Å². The molecule has 0 aliphatic heterocycles. The third-order valence-corrected chi connectivity index (χ3v) is 3.00. The molecule has 0 aliphatic carbocycles. The summed E-state index contributed by atoms with van der Waals surface area (Å²) < 4.78 is 249. The number of hydrogen-bond donors (Lipinski definition) is 1. The van der Waals surface area contributed by atoms with Crippen LogP contribution in [0.1, 0.15) is 0 Å². The van der Waals surface area contributed by atoms with Crippen molar-refractivity contribution in [2.24, 2.45) is 0 Å². The van der Waals surface area contributed by atoms with Gasteiger partial charge in [0.2, 0.25) is 0 Å². The molecule has 182 valence electrons. The zero-order valence-electron chi connectivity index (χ0n) is 12.6. The Morgan fingerprint density at radius 2 is 0.467 bits per heavy atom. The monoisotopic (exact) mass is 503 g/mol. The lowest BCUT2D eigenvalue weighted by atomic mass is 10.0. The van der Waals surface area contributed by atoms with Crippen LogP contribution >= 0.6 is 0 Å². The van der Waals surface area contributed by atoms with Gasteiger partial charge < -0.3 is 0 Å². The first-order valence-corrected chi connectivity index (χ1v) is 6.03. The summed E-state index contributed by atoms with van der Waals surface area (Å²) >= 11 is 0. The SMILES string of the molecule is FC(F)(F)C(F)(F)C(F)(F)C(F)(F)NC(F)(F)C(F)(F)C(F)(F)C(F)(F)C(F)(F)F. The minimum absolute atomic E-state index is 2.11. The molecule has 30 heavy (non-hydrogen) atoms. The molecular weight excluding hydrogens is 502 g/mol. The van der Waals surface area contributed by atoms with Crippen LogP contribution in [-0.4, -0.2) is 54.1 Å². The second-order valence-corrected chi connectivity index (χ2v) is 5.14. The highest BCUT2D eigenvalue weighted by atomic mass is 19.4. The topological polar surface area (TPSA) is 12.0 Å². The third kappa shape index (κ3) is 3.80. The van der Waals surface area contributed by atoms with E-state index in [1.54, 1.807) is 0 Å². The summed E-state index contributed by atoms with van der Waals surface area (Å²) in [5.74, 6) is -41.2. The quantitative estimate of drug-likeness (QED) is 0.329. The highest BCUT2D eigenvalue weighted by Gasteiger charge is 2.90. The van der Waals surface area contributed by atoms with Gasteiger partial charge in [-0.3, -0.25) is 0 Å². The Balaban J connectivity index is 6.41.